The summed E-state index contributed by atoms with van der Waals surface area (Å²) in [5.41, 5.74) is 7.63. The summed E-state index contributed by atoms with van der Waals surface area (Å²) in [6.45, 7) is 3.90. The van der Waals surface area contributed by atoms with Gasteiger partial charge in [0.15, 0.2) is 0 Å². The fraction of sp³-hybridized carbons (Fsp3) is 0.316. The van der Waals surface area contributed by atoms with Crippen LogP contribution in [0.4, 0.5) is 22.7 Å². The molecule has 0 bridgehead atoms. The molecule has 0 saturated carbocycles. The molecule has 5 heterocycles. The number of hydrogen-bond acceptors (Lipinski definition) is 8. The minimum absolute atomic E-state index is 0.190. The third kappa shape index (κ3) is 5.01. The maximum atomic E-state index is 8.14. The van der Waals surface area contributed by atoms with Crippen molar-refractivity contribution in [3.05, 3.63) is 104 Å². The largest absolute Gasteiger partial charge is 0.361 e. The Labute approximate surface area is 286 Å². The number of nitrogens with zero attached hydrogens (tertiary/aromatic N) is 9. The minimum Gasteiger partial charge on any atom is -0.361 e. The summed E-state index contributed by atoms with van der Waals surface area (Å²) in [4.78, 5) is 15.5. The van der Waals surface area contributed by atoms with Crippen LogP contribution in [0.15, 0.2) is 98.1 Å². The smallest absolute Gasteiger partial charge is 0.0939 e. The monoisotopic (exact) mass is 633 g/mol. The molecule has 0 unspecified atom stereocenters. The normalized spacial score (nSPS) is 20.4. The molecule has 0 spiro atoms. The van der Waals surface area contributed by atoms with Crippen molar-refractivity contribution >= 4 is 44.6 Å². The summed E-state index contributed by atoms with van der Waals surface area (Å²) in [5, 5.41) is 2.16. The van der Waals surface area contributed by atoms with Gasteiger partial charge in [-0.3, -0.25) is 0 Å². The summed E-state index contributed by atoms with van der Waals surface area (Å²) in [5.74, 6) is 0. The van der Waals surface area contributed by atoms with Gasteiger partial charge in [0, 0.05) is 114 Å². The number of hydrogen-bond donors (Lipinski definition) is 0. The first-order valence-corrected chi connectivity index (χ1v) is 16.0. The second-order valence-corrected chi connectivity index (χ2v) is 13.9. The van der Waals surface area contributed by atoms with Crippen LogP contribution in [0.25, 0.3) is 27.5 Å². The molecule has 4 aliphatic rings. The minimum atomic E-state index is -2.27. The summed E-state index contributed by atoms with van der Waals surface area (Å²) >= 11 is 0. The number of anilines is 4. The number of fused-ring (bicyclic) bond motifs is 3. The highest BCUT2D eigenvalue weighted by Crippen LogP contribution is 2.45. The average Bonchev–Trinajstić information content (AvgIpc) is 3.92. The quantitative estimate of drug-likeness (QED) is 0.237. The Balaban J connectivity index is 1.38. The molecular weight excluding hydrogens is 582 g/mol. The molecular formula is C38H45N9. The maximum Gasteiger partial charge on any atom is 0.0939 e. The lowest BCUT2D eigenvalue weighted by Crippen LogP contribution is -2.29. The summed E-state index contributed by atoms with van der Waals surface area (Å²) in [6.07, 6.45) is 15.3. The Hall–Kier alpha value is -5.18. The van der Waals surface area contributed by atoms with Gasteiger partial charge in [-0.1, -0.05) is 32.9 Å². The van der Waals surface area contributed by atoms with Crippen molar-refractivity contribution in [2.75, 3.05) is 74.3 Å². The lowest BCUT2D eigenvalue weighted by Gasteiger charge is -2.34. The van der Waals surface area contributed by atoms with E-state index in [0.29, 0.717) is 6.67 Å². The van der Waals surface area contributed by atoms with E-state index in [-0.39, 0.29) is 18.8 Å². The van der Waals surface area contributed by atoms with Gasteiger partial charge >= 0.3 is 0 Å². The van der Waals surface area contributed by atoms with Crippen LogP contribution in [-0.2, 0) is 5.41 Å². The van der Waals surface area contributed by atoms with Crippen LogP contribution in [0.1, 0.15) is 34.6 Å². The van der Waals surface area contributed by atoms with E-state index in [2.05, 4.69) is 132 Å². The van der Waals surface area contributed by atoms with E-state index in [1.54, 1.807) is 12.4 Å². The van der Waals surface area contributed by atoms with Gasteiger partial charge in [-0.25, -0.2) is 0 Å². The van der Waals surface area contributed by atoms with Crippen molar-refractivity contribution in [3.8, 4) is 5.69 Å². The summed E-state index contributed by atoms with van der Waals surface area (Å²) in [6, 6.07) is 17.3. The molecule has 47 heavy (non-hydrogen) atoms. The molecule has 0 aliphatic carbocycles. The summed E-state index contributed by atoms with van der Waals surface area (Å²) < 4.78 is 50.6. The fourth-order valence-corrected chi connectivity index (χ4v) is 7.12. The van der Waals surface area contributed by atoms with Crippen LogP contribution in [0.5, 0.6) is 0 Å². The Morgan fingerprint density at radius 2 is 0.936 bits per heavy atom. The predicted molar refractivity (Wildman–Crippen MR) is 196 cm³/mol. The van der Waals surface area contributed by atoms with Gasteiger partial charge in [0.1, 0.15) is 0 Å². The van der Waals surface area contributed by atoms with E-state index in [0.717, 1.165) is 62.5 Å². The van der Waals surface area contributed by atoms with E-state index in [9.17, 15) is 0 Å². The third-order valence-corrected chi connectivity index (χ3v) is 9.32. The first-order chi connectivity index (χ1) is 25.0. The van der Waals surface area contributed by atoms with Gasteiger partial charge in [-0.2, -0.15) is 0 Å². The van der Waals surface area contributed by atoms with Gasteiger partial charge < -0.3 is 43.8 Å². The van der Waals surface area contributed by atoms with Gasteiger partial charge in [0.05, 0.1) is 54.8 Å². The summed E-state index contributed by atoms with van der Waals surface area (Å²) in [7, 11) is 4.10. The average molecular weight is 634 g/mol. The van der Waals surface area contributed by atoms with E-state index < -0.39 is 14.0 Å². The second-order valence-electron chi connectivity index (χ2n) is 13.9. The topological polar surface area (TPSA) is 30.9 Å². The van der Waals surface area contributed by atoms with Gasteiger partial charge in [-0.15, -0.1) is 0 Å². The molecule has 9 nitrogen and oxygen atoms in total. The lowest BCUT2D eigenvalue weighted by molar-refractivity contribution is 0.490. The Kier molecular flexibility index (Phi) is 5.27. The zero-order chi connectivity index (χ0) is 37.6. The molecule has 0 atom stereocenters. The van der Waals surface area contributed by atoms with Gasteiger partial charge in [0.2, 0.25) is 0 Å². The molecule has 242 valence electrons. The molecule has 9 heteroatoms. The van der Waals surface area contributed by atoms with Gasteiger partial charge in [-0.05, 0) is 41.8 Å². The highest BCUT2D eigenvalue weighted by Gasteiger charge is 2.31. The van der Waals surface area contributed by atoms with Crippen molar-refractivity contribution in [2.45, 2.75) is 26.2 Å². The van der Waals surface area contributed by atoms with E-state index in [1.165, 1.54) is 9.80 Å². The number of aromatic nitrogens is 1. The zero-order valence-corrected chi connectivity index (χ0v) is 27.6. The van der Waals surface area contributed by atoms with Crippen LogP contribution in [0.3, 0.4) is 0 Å². The van der Waals surface area contributed by atoms with E-state index >= 15 is 0 Å². The van der Waals surface area contributed by atoms with Gasteiger partial charge in [0.25, 0.3) is 0 Å². The molecule has 8 rings (SSSR count). The standard InChI is InChI=1S/C38H45N9/c1-38(2,3)37-35(45-18-14-41(6)26-45)22-30(23-36(37)46-19-15-42(7)27-46)47-33-20-28(43-16-12-39(4)24-43)8-10-31(33)32-11-9-29(21-34(32)47)44-17-13-40(5)25-44/h8-23H,24-27H2,1-7H3/i4D3,6D3. The van der Waals surface area contributed by atoms with E-state index in [4.69, 9.17) is 8.22 Å². The second kappa shape index (κ2) is 10.7. The molecule has 4 aliphatic heterocycles. The third-order valence-electron chi connectivity index (χ3n) is 9.32. The molecule has 0 amide bonds. The molecule has 0 radical (unpaired) electrons. The van der Waals surface area contributed by atoms with Crippen molar-refractivity contribution in [1.29, 1.82) is 0 Å². The van der Waals surface area contributed by atoms with Crippen LogP contribution in [-0.4, -0.2) is 78.9 Å². The first kappa shape index (κ1) is 23.2. The molecule has 0 saturated heterocycles. The number of rotatable bonds is 5. The highest BCUT2D eigenvalue weighted by atomic mass is 15.4. The molecule has 1 aromatic heterocycles. The lowest BCUT2D eigenvalue weighted by atomic mass is 9.83. The van der Waals surface area contributed by atoms with Crippen LogP contribution < -0.4 is 19.6 Å². The molecule has 3 aromatic carbocycles. The van der Waals surface area contributed by atoms with Crippen molar-refractivity contribution in [1.82, 2.24) is 24.2 Å². The first-order valence-electron chi connectivity index (χ1n) is 19.0. The maximum absolute atomic E-state index is 8.14. The van der Waals surface area contributed by atoms with Crippen molar-refractivity contribution < 1.29 is 8.22 Å². The zero-order valence-electron chi connectivity index (χ0n) is 33.6. The fourth-order valence-electron chi connectivity index (χ4n) is 7.12. The Morgan fingerprint density at radius 1 is 0.511 bits per heavy atom. The Morgan fingerprint density at radius 3 is 1.34 bits per heavy atom. The van der Waals surface area contributed by atoms with E-state index in [1.807, 2.05) is 22.2 Å². The Bertz CT molecular complexity index is 2210. The highest BCUT2D eigenvalue weighted by molar-refractivity contribution is 6.11. The number of benzene rings is 3. The van der Waals surface area contributed by atoms with Crippen molar-refractivity contribution in [2.24, 2.45) is 0 Å². The van der Waals surface area contributed by atoms with Crippen LogP contribution in [0.2, 0.25) is 0 Å². The van der Waals surface area contributed by atoms with Crippen LogP contribution in [0, 0.1) is 0 Å². The molecule has 4 aromatic rings. The SMILES string of the molecule is [2H]C([2H])([2H])N1C=CN(c2ccc3c4ccc(N5C=CN(C)C5)cc4n(-c4cc(N5C=CN(C)C5)c(C(C)(C)C)c(N5C=CN(C([2H])([2H])[2H])C5)c4)c3c2)C1. The van der Waals surface area contributed by atoms with Crippen molar-refractivity contribution in [3.63, 3.8) is 0 Å². The predicted octanol–water partition coefficient (Wildman–Crippen LogP) is 6.80. The molecule has 0 N–H and O–H groups in total. The van der Waals surface area contributed by atoms with Crippen LogP contribution >= 0.6 is 0 Å². The molecule has 0 fully saturated rings.